The summed E-state index contributed by atoms with van der Waals surface area (Å²) in [7, 11) is 3.32. The van der Waals surface area contributed by atoms with Crippen LogP contribution in [-0.2, 0) is 19.1 Å². The maximum Gasteiger partial charge on any atom is 0.233 e. The zero-order valence-corrected chi connectivity index (χ0v) is 20.3. The molecule has 0 radical (unpaired) electrons. The molecule has 180 valence electrons. The number of rotatable bonds is 10. The standard InChI is InChI=1S/C27H32N2O5/c1-5-28(15-17-33-3)21-11-7-19(8-12-21)23-25(30)24(27(32)26(23)31)20-9-13-22(14-10-20)29(6-2)16-18-34-4/h7-14H,5-6,15-18H2,1-4H3. The van der Waals surface area contributed by atoms with Gasteiger partial charge in [-0.3, -0.25) is 9.59 Å². The monoisotopic (exact) mass is 464 g/mol. The molecule has 34 heavy (non-hydrogen) atoms. The van der Waals surface area contributed by atoms with Crippen molar-refractivity contribution in [2.75, 3.05) is 58.5 Å². The van der Waals surface area contributed by atoms with E-state index in [9.17, 15) is 14.7 Å². The van der Waals surface area contributed by atoms with Gasteiger partial charge in [0, 0.05) is 56.3 Å². The minimum Gasteiger partial charge on any atom is -0.871 e. The molecule has 0 bridgehead atoms. The summed E-state index contributed by atoms with van der Waals surface area (Å²) < 4.78 is 12.4. The fourth-order valence-corrected chi connectivity index (χ4v) is 4.10. The molecule has 0 saturated heterocycles. The van der Waals surface area contributed by atoms with Crippen LogP contribution in [0.5, 0.6) is 0 Å². The van der Waals surface area contributed by atoms with E-state index in [0.717, 1.165) is 37.6 Å². The first-order valence-electron chi connectivity index (χ1n) is 11.5. The average molecular weight is 465 g/mol. The molecule has 7 heteroatoms. The molecule has 2 aliphatic rings. The number of hydrogen-bond donors (Lipinski definition) is 0. The normalized spacial score (nSPS) is 15.7. The Morgan fingerprint density at radius 1 is 0.882 bits per heavy atom. The van der Waals surface area contributed by atoms with Gasteiger partial charge >= 0.3 is 0 Å². The number of carbonyl (C=O) groups excluding carboxylic acids is 2. The van der Waals surface area contributed by atoms with Gasteiger partial charge in [-0.25, -0.2) is 4.58 Å². The third-order valence-electron chi connectivity index (χ3n) is 6.05. The fraction of sp³-hybridized carbons (Fsp3) is 0.370. The van der Waals surface area contributed by atoms with Gasteiger partial charge in [-0.05, 0) is 49.3 Å². The maximum absolute atomic E-state index is 13.2. The average Bonchev–Trinajstić information content (AvgIpc) is 3.08. The predicted octanol–water partition coefficient (Wildman–Crippen LogP) is 1.92. The molecule has 1 aromatic rings. The molecular weight excluding hydrogens is 432 g/mol. The van der Waals surface area contributed by atoms with E-state index in [0.29, 0.717) is 24.4 Å². The first kappa shape index (κ1) is 25.3. The second-order valence-corrected chi connectivity index (χ2v) is 7.98. The lowest BCUT2D eigenvalue weighted by Crippen LogP contribution is -2.26. The molecule has 0 amide bonds. The topological polar surface area (TPSA) is 81.9 Å². The van der Waals surface area contributed by atoms with Gasteiger partial charge in [0.05, 0.1) is 6.61 Å². The Kier molecular flexibility index (Phi) is 8.73. The molecule has 0 aliphatic heterocycles. The van der Waals surface area contributed by atoms with Crippen LogP contribution in [0.2, 0.25) is 0 Å². The van der Waals surface area contributed by atoms with Crippen molar-refractivity contribution >= 4 is 28.5 Å². The second-order valence-electron chi connectivity index (χ2n) is 7.98. The van der Waals surface area contributed by atoms with E-state index in [1.165, 1.54) is 0 Å². The summed E-state index contributed by atoms with van der Waals surface area (Å²) in [5.74, 6) is -2.02. The van der Waals surface area contributed by atoms with Gasteiger partial charge in [0.15, 0.2) is 12.3 Å². The molecule has 0 N–H and O–H groups in total. The summed E-state index contributed by atoms with van der Waals surface area (Å²) in [6.07, 6.45) is 7.17. The lowest BCUT2D eigenvalue weighted by molar-refractivity contribution is -0.525. The quantitative estimate of drug-likeness (QED) is 0.299. The van der Waals surface area contributed by atoms with Crippen LogP contribution in [0.1, 0.15) is 19.4 Å². The number of Topliss-reactive ketones (excluding diaryl/α,β-unsaturated/α-hetero) is 2. The molecule has 1 aromatic carbocycles. The number of ether oxygens (including phenoxy) is 2. The molecular formula is C27H32N2O5. The van der Waals surface area contributed by atoms with Crippen LogP contribution >= 0.6 is 0 Å². The smallest absolute Gasteiger partial charge is 0.233 e. The van der Waals surface area contributed by atoms with E-state index < -0.39 is 17.3 Å². The lowest BCUT2D eigenvalue weighted by Gasteiger charge is -2.23. The van der Waals surface area contributed by atoms with Gasteiger partial charge in [0.25, 0.3) is 0 Å². The number of hydrogen-bond acceptors (Lipinski definition) is 6. The Bertz CT molecular complexity index is 1070. The van der Waals surface area contributed by atoms with E-state index in [1.54, 1.807) is 38.5 Å². The largest absolute Gasteiger partial charge is 0.871 e. The van der Waals surface area contributed by atoms with Crippen molar-refractivity contribution in [2.45, 2.75) is 13.8 Å². The summed E-state index contributed by atoms with van der Waals surface area (Å²) in [4.78, 5) is 27.7. The summed E-state index contributed by atoms with van der Waals surface area (Å²) >= 11 is 0. The van der Waals surface area contributed by atoms with Crippen molar-refractivity contribution in [2.24, 2.45) is 0 Å². The number of likely N-dealkylation sites (N-methyl/N-ethyl adjacent to an activating group) is 2. The van der Waals surface area contributed by atoms with E-state index in [1.807, 2.05) is 38.1 Å². The molecule has 0 atom stereocenters. The molecule has 0 unspecified atom stereocenters. The fourth-order valence-electron chi connectivity index (χ4n) is 4.10. The molecule has 3 rings (SSSR count). The Balaban J connectivity index is 1.92. The number of carbonyl (C=O) groups is 2. The van der Waals surface area contributed by atoms with E-state index in [2.05, 4.69) is 9.48 Å². The van der Waals surface area contributed by atoms with Gasteiger partial charge in [0.2, 0.25) is 11.6 Å². The zero-order valence-electron chi connectivity index (χ0n) is 20.3. The van der Waals surface area contributed by atoms with Crippen LogP contribution in [0.15, 0.2) is 65.5 Å². The Hall–Kier alpha value is -3.29. The summed E-state index contributed by atoms with van der Waals surface area (Å²) in [5.41, 5.74) is 2.71. The third-order valence-corrected chi connectivity index (χ3v) is 6.05. The highest BCUT2D eigenvalue weighted by Crippen LogP contribution is 2.33. The van der Waals surface area contributed by atoms with Gasteiger partial charge < -0.3 is 19.5 Å². The summed E-state index contributed by atoms with van der Waals surface area (Å²) in [6, 6.07) is 7.17. The molecule has 0 heterocycles. The van der Waals surface area contributed by atoms with Gasteiger partial charge in [-0.2, -0.15) is 0 Å². The van der Waals surface area contributed by atoms with Crippen LogP contribution < -0.4 is 10.0 Å². The Morgan fingerprint density at radius 2 is 1.50 bits per heavy atom. The van der Waals surface area contributed by atoms with Gasteiger partial charge in [0.1, 0.15) is 13.2 Å². The minimum atomic E-state index is -0.751. The number of ketones is 2. The van der Waals surface area contributed by atoms with Crippen LogP contribution in [0.3, 0.4) is 0 Å². The number of nitrogens with zero attached hydrogens (tertiary/aromatic N) is 2. The highest BCUT2D eigenvalue weighted by Gasteiger charge is 2.34. The predicted molar refractivity (Wildman–Crippen MR) is 131 cm³/mol. The highest BCUT2D eigenvalue weighted by atomic mass is 16.5. The van der Waals surface area contributed by atoms with Crippen LogP contribution in [0, 0.1) is 0 Å². The van der Waals surface area contributed by atoms with E-state index in [4.69, 9.17) is 9.47 Å². The summed E-state index contributed by atoms with van der Waals surface area (Å²) in [5, 5.41) is 13.2. The highest BCUT2D eigenvalue weighted by molar-refractivity contribution is 6.63. The molecule has 2 aliphatic carbocycles. The SMILES string of the molecule is CCN(CCOC)c1ccc(C2=C([O-])C(=C3C=CC(=[N+](CC)CCOC)C=C3)C(=O)C2=O)cc1. The van der Waals surface area contributed by atoms with Crippen molar-refractivity contribution < 1.29 is 28.7 Å². The van der Waals surface area contributed by atoms with Crippen LogP contribution in [0.25, 0.3) is 5.57 Å². The van der Waals surface area contributed by atoms with Crippen molar-refractivity contribution in [1.29, 1.82) is 0 Å². The first-order valence-corrected chi connectivity index (χ1v) is 11.5. The van der Waals surface area contributed by atoms with Crippen molar-refractivity contribution in [3.63, 3.8) is 0 Å². The second kappa shape index (κ2) is 11.7. The first-order chi connectivity index (χ1) is 16.5. The Morgan fingerprint density at radius 3 is 2.06 bits per heavy atom. The van der Waals surface area contributed by atoms with Crippen LogP contribution in [0.4, 0.5) is 5.69 Å². The Labute approximate surface area is 201 Å². The van der Waals surface area contributed by atoms with Crippen molar-refractivity contribution in [1.82, 2.24) is 0 Å². The molecule has 0 spiro atoms. The van der Waals surface area contributed by atoms with E-state index in [-0.39, 0.29) is 11.1 Å². The molecule has 7 nitrogen and oxygen atoms in total. The minimum absolute atomic E-state index is 0.0640. The van der Waals surface area contributed by atoms with Gasteiger partial charge in [-0.15, -0.1) is 0 Å². The zero-order chi connectivity index (χ0) is 24.7. The maximum atomic E-state index is 13.2. The molecule has 0 saturated carbocycles. The van der Waals surface area contributed by atoms with Gasteiger partial charge in [-0.1, -0.05) is 17.9 Å². The lowest BCUT2D eigenvalue weighted by atomic mass is 10.00. The van der Waals surface area contributed by atoms with E-state index >= 15 is 0 Å². The van der Waals surface area contributed by atoms with Crippen molar-refractivity contribution in [3.8, 4) is 0 Å². The third kappa shape index (κ3) is 5.26. The molecule has 0 fully saturated rings. The van der Waals surface area contributed by atoms with Crippen LogP contribution in [-0.4, -0.2) is 75.5 Å². The number of methoxy groups -OCH3 is 2. The number of allylic oxidation sites excluding steroid dienone is 7. The number of anilines is 1. The summed E-state index contributed by atoms with van der Waals surface area (Å²) in [6.45, 7) is 8.34. The number of benzene rings is 1. The van der Waals surface area contributed by atoms with Crippen molar-refractivity contribution in [3.05, 3.63) is 71.0 Å². The molecule has 0 aromatic heterocycles.